The van der Waals surface area contributed by atoms with Gasteiger partial charge in [0.15, 0.2) is 5.54 Å². The number of carbonyl (C=O) groups excluding carboxylic acids is 1. The number of hydrogen-bond acceptors (Lipinski definition) is 7. The van der Waals surface area contributed by atoms with Gasteiger partial charge in [-0.25, -0.2) is 10.4 Å². The van der Waals surface area contributed by atoms with Crippen LogP contribution in [0, 0.1) is 0 Å². The van der Waals surface area contributed by atoms with Gasteiger partial charge < -0.3 is 19.5 Å². The zero-order valence-electron chi connectivity index (χ0n) is 23.3. The number of ether oxygens (including phenoxy) is 2. The molecule has 210 valence electrons. The number of aliphatic imine (C=N–C) groups is 1. The smallest absolute Gasteiger partial charge is 0.266 e. The van der Waals surface area contributed by atoms with Gasteiger partial charge in [0.2, 0.25) is 5.90 Å². The summed E-state index contributed by atoms with van der Waals surface area (Å²) in [6, 6.07) is 25.5. The minimum absolute atomic E-state index is 0.0844. The third-order valence-electron chi connectivity index (χ3n) is 6.81. The van der Waals surface area contributed by atoms with Crippen molar-refractivity contribution in [2.75, 3.05) is 32.2 Å². The summed E-state index contributed by atoms with van der Waals surface area (Å²) in [7, 11) is 4.00. The van der Waals surface area contributed by atoms with Crippen molar-refractivity contribution < 1.29 is 19.4 Å². The molecule has 0 radical (unpaired) electrons. The number of nitrogens with one attached hydrogen (secondary N) is 2. The lowest BCUT2D eigenvalue weighted by Gasteiger charge is -2.27. The summed E-state index contributed by atoms with van der Waals surface area (Å²) < 4.78 is 11.8. The summed E-state index contributed by atoms with van der Waals surface area (Å²) in [4.78, 5) is 20.6. The highest BCUT2D eigenvalue weighted by atomic mass is 16.5. The lowest BCUT2D eigenvalue weighted by Crippen LogP contribution is -2.54. The molecule has 0 aromatic heterocycles. The second-order valence-electron chi connectivity index (χ2n) is 9.94. The van der Waals surface area contributed by atoms with Gasteiger partial charge in [0.1, 0.15) is 11.9 Å². The predicted octanol–water partition coefficient (Wildman–Crippen LogP) is 4.34. The Morgan fingerprint density at radius 3 is 2.48 bits per heavy atom. The van der Waals surface area contributed by atoms with Crippen LogP contribution >= 0.6 is 0 Å². The highest BCUT2D eigenvalue weighted by Crippen LogP contribution is 2.33. The van der Waals surface area contributed by atoms with E-state index in [1.807, 2.05) is 117 Å². The molecule has 0 spiro atoms. The molecular weight excluding hydrogens is 504 g/mol. The van der Waals surface area contributed by atoms with Gasteiger partial charge in [0.25, 0.3) is 5.91 Å². The van der Waals surface area contributed by atoms with Crippen LogP contribution < -0.4 is 20.5 Å². The fourth-order valence-corrected chi connectivity index (χ4v) is 4.37. The molecule has 8 nitrogen and oxygen atoms in total. The van der Waals surface area contributed by atoms with Crippen molar-refractivity contribution in [3.8, 4) is 5.75 Å². The molecule has 0 aliphatic carbocycles. The SMILES string of the molecule is C[C@@H]1OC(c2ccc(OCCCO)cc2)=N[C@]1(C/C=C/c1ccccc1)C(=O)NNCc1ccc(N(C)C)cc1. The van der Waals surface area contributed by atoms with Crippen molar-refractivity contribution >= 4 is 23.6 Å². The number of nitrogens with zero attached hydrogens (tertiary/aromatic N) is 2. The Kier molecular flexibility index (Phi) is 9.94. The molecule has 4 rings (SSSR count). The molecule has 3 N–H and O–H groups in total. The minimum Gasteiger partial charge on any atom is -0.494 e. The van der Waals surface area contributed by atoms with Crippen molar-refractivity contribution in [3.63, 3.8) is 0 Å². The fourth-order valence-electron chi connectivity index (χ4n) is 4.37. The molecule has 1 aliphatic heterocycles. The molecule has 0 bridgehead atoms. The molecule has 1 aliphatic rings. The van der Waals surface area contributed by atoms with Gasteiger partial charge in [-0.1, -0.05) is 54.6 Å². The third kappa shape index (κ3) is 7.28. The number of carbonyl (C=O) groups is 1. The van der Waals surface area contributed by atoms with Crippen LogP contribution in [-0.4, -0.2) is 55.9 Å². The first kappa shape index (κ1) is 28.9. The summed E-state index contributed by atoms with van der Waals surface area (Å²) in [6.45, 7) is 2.87. The fraction of sp³-hybridized carbons (Fsp3) is 0.312. The number of hydrogen-bond donors (Lipinski definition) is 3. The topological polar surface area (TPSA) is 95.4 Å². The average Bonchev–Trinajstić information content (AvgIpc) is 3.31. The van der Waals surface area contributed by atoms with Gasteiger partial charge in [0.05, 0.1) is 6.61 Å². The standard InChI is InChI=1S/C32H38N4O4/c1-24-32(20-7-11-25-9-5-4-6-10-25,31(38)35-33-23-26-12-16-28(17-13-26)36(2)3)34-30(40-24)27-14-18-29(19-15-27)39-22-8-21-37/h4-7,9-19,24,33,37H,8,20-23H2,1-3H3,(H,35,38)/b11-7+/t24-,32-/m0/s1. The van der Waals surface area contributed by atoms with Crippen LogP contribution in [0.3, 0.4) is 0 Å². The molecule has 0 saturated carbocycles. The molecule has 0 unspecified atom stereocenters. The average molecular weight is 543 g/mol. The molecule has 8 heteroatoms. The van der Waals surface area contributed by atoms with Crippen LogP contribution in [0.15, 0.2) is 89.9 Å². The van der Waals surface area contributed by atoms with Gasteiger partial charge in [-0.2, -0.15) is 0 Å². The lowest BCUT2D eigenvalue weighted by atomic mass is 9.89. The lowest BCUT2D eigenvalue weighted by molar-refractivity contribution is -0.129. The van der Waals surface area contributed by atoms with Crippen molar-refractivity contribution in [1.82, 2.24) is 10.9 Å². The van der Waals surface area contributed by atoms with E-state index in [4.69, 9.17) is 19.6 Å². The van der Waals surface area contributed by atoms with Crippen molar-refractivity contribution in [2.45, 2.75) is 38.0 Å². The maximum Gasteiger partial charge on any atom is 0.266 e. The van der Waals surface area contributed by atoms with Crippen molar-refractivity contribution in [3.05, 3.63) is 102 Å². The van der Waals surface area contributed by atoms with Crippen LogP contribution in [0.1, 0.15) is 36.5 Å². The number of aliphatic hydroxyl groups is 1. The summed E-state index contributed by atoms with van der Waals surface area (Å²) in [5, 5.41) is 8.96. The quantitative estimate of drug-likeness (QED) is 0.220. The Morgan fingerprint density at radius 1 is 1.07 bits per heavy atom. The Bertz CT molecular complexity index is 1290. The second kappa shape index (κ2) is 13.8. The zero-order valence-corrected chi connectivity index (χ0v) is 23.3. The largest absolute Gasteiger partial charge is 0.494 e. The Hall–Kier alpha value is -4.14. The monoisotopic (exact) mass is 542 g/mol. The van der Waals surface area contributed by atoms with Crippen LogP contribution in [0.4, 0.5) is 5.69 Å². The van der Waals surface area contributed by atoms with Crippen LogP contribution in [0.2, 0.25) is 0 Å². The number of aliphatic hydroxyl groups excluding tert-OH is 1. The van der Waals surface area contributed by atoms with Gasteiger partial charge in [-0.15, -0.1) is 0 Å². The Morgan fingerprint density at radius 2 is 1.80 bits per heavy atom. The Balaban J connectivity index is 1.50. The van der Waals surface area contributed by atoms with Crippen molar-refractivity contribution in [1.29, 1.82) is 0 Å². The van der Waals surface area contributed by atoms with E-state index in [-0.39, 0.29) is 12.5 Å². The maximum atomic E-state index is 13.7. The number of hydrazine groups is 1. The molecule has 0 saturated heterocycles. The van der Waals surface area contributed by atoms with Gasteiger partial charge >= 0.3 is 0 Å². The molecule has 3 aromatic rings. The van der Waals surface area contributed by atoms with Crippen LogP contribution in [0.5, 0.6) is 5.75 Å². The van der Waals surface area contributed by atoms with E-state index in [2.05, 4.69) is 10.9 Å². The van der Waals surface area contributed by atoms with Gasteiger partial charge in [-0.3, -0.25) is 10.2 Å². The van der Waals surface area contributed by atoms with E-state index in [0.29, 0.717) is 37.6 Å². The maximum absolute atomic E-state index is 13.7. The van der Waals surface area contributed by atoms with E-state index in [1.54, 1.807) is 0 Å². The normalized spacial score (nSPS) is 18.3. The second-order valence-corrected chi connectivity index (χ2v) is 9.94. The number of rotatable bonds is 13. The minimum atomic E-state index is -1.15. The van der Waals surface area contributed by atoms with E-state index in [0.717, 1.165) is 22.4 Å². The summed E-state index contributed by atoms with van der Waals surface area (Å²) in [6.07, 6.45) is 4.40. The Labute approximate surface area is 236 Å². The first-order chi connectivity index (χ1) is 19.4. The van der Waals surface area contributed by atoms with Crippen LogP contribution in [0.25, 0.3) is 6.08 Å². The van der Waals surface area contributed by atoms with Crippen LogP contribution in [-0.2, 0) is 16.1 Å². The van der Waals surface area contributed by atoms with Gasteiger partial charge in [-0.05, 0) is 54.4 Å². The van der Waals surface area contributed by atoms with E-state index in [1.165, 1.54) is 0 Å². The highest BCUT2D eigenvalue weighted by molar-refractivity contribution is 6.00. The number of amides is 1. The first-order valence-electron chi connectivity index (χ1n) is 13.5. The number of benzene rings is 3. The predicted molar refractivity (Wildman–Crippen MR) is 159 cm³/mol. The molecule has 1 amide bonds. The third-order valence-corrected chi connectivity index (χ3v) is 6.81. The van der Waals surface area contributed by atoms with E-state index >= 15 is 0 Å². The summed E-state index contributed by atoms with van der Waals surface area (Å²) in [5.41, 5.74) is 8.76. The zero-order chi connectivity index (χ0) is 28.4. The summed E-state index contributed by atoms with van der Waals surface area (Å²) in [5.74, 6) is 0.847. The molecular formula is C32H38N4O4. The first-order valence-corrected chi connectivity index (χ1v) is 13.5. The molecule has 2 atom stereocenters. The summed E-state index contributed by atoms with van der Waals surface area (Å²) >= 11 is 0. The van der Waals surface area contributed by atoms with E-state index < -0.39 is 11.6 Å². The molecule has 1 heterocycles. The highest BCUT2D eigenvalue weighted by Gasteiger charge is 2.49. The molecule has 3 aromatic carbocycles. The molecule has 0 fully saturated rings. The van der Waals surface area contributed by atoms with Crippen molar-refractivity contribution in [2.24, 2.45) is 4.99 Å². The van der Waals surface area contributed by atoms with Gasteiger partial charge in [0, 0.05) is 51.3 Å². The number of anilines is 1. The molecule has 40 heavy (non-hydrogen) atoms. The van der Waals surface area contributed by atoms with E-state index in [9.17, 15) is 4.79 Å².